The summed E-state index contributed by atoms with van der Waals surface area (Å²) >= 11 is 7.18. The van der Waals surface area contributed by atoms with Crippen molar-refractivity contribution in [1.82, 2.24) is 0 Å². The van der Waals surface area contributed by atoms with Gasteiger partial charge in [0, 0.05) is 16.7 Å². The third-order valence-corrected chi connectivity index (χ3v) is 9.11. The predicted octanol–water partition coefficient (Wildman–Crippen LogP) is 8.53. The highest BCUT2D eigenvalue weighted by atomic mass is 79.9. The molecule has 0 radical (unpaired) electrons. The molecule has 0 saturated heterocycles. The van der Waals surface area contributed by atoms with Crippen LogP contribution in [0.15, 0.2) is 112 Å². The first kappa shape index (κ1) is 28.1. The van der Waals surface area contributed by atoms with Gasteiger partial charge in [0.25, 0.3) is 0 Å². The van der Waals surface area contributed by atoms with Crippen molar-refractivity contribution in [3.05, 3.63) is 151 Å². The Bertz CT molecular complexity index is 1900. The average molecular weight is 712 g/mol. The van der Waals surface area contributed by atoms with E-state index in [0.717, 1.165) is 5.56 Å². The molecular weight excluding hydrogens is 692 g/mol. The van der Waals surface area contributed by atoms with E-state index in [9.17, 15) is 14.4 Å². The van der Waals surface area contributed by atoms with E-state index in [0.29, 0.717) is 42.3 Å². The minimum absolute atomic E-state index is 0.202. The molecule has 0 saturated carbocycles. The van der Waals surface area contributed by atoms with Gasteiger partial charge in [-0.25, -0.2) is 14.4 Å². The molecule has 0 atom stereocenters. The maximum absolute atomic E-state index is 13.5. The number of hydrogen-bond donors (Lipinski definition) is 0. The zero-order valence-electron chi connectivity index (χ0n) is 22.9. The second-order valence-corrected chi connectivity index (χ2v) is 11.8. The van der Waals surface area contributed by atoms with Crippen LogP contribution in [0, 0.1) is 6.92 Å². The van der Waals surface area contributed by atoms with E-state index in [4.69, 9.17) is 18.9 Å². The molecule has 7 rings (SSSR count). The molecule has 0 N–H and O–H groups in total. The van der Waals surface area contributed by atoms with Crippen LogP contribution in [0.25, 0.3) is 0 Å². The monoisotopic (exact) mass is 710 g/mol. The number of hydrogen-bond acceptors (Lipinski definition) is 7. The number of halogens is 2. The van der Waals surface area contributed by atoms with Gasteiger partial charge < -0.3 is 18.9 Å². The van der Waals surface area contributed by atoms with Gasteiger partial charge in [-0.05, 0) is 92.9 Å². The van der Waals surface area contributed by atoms with Gasteiger partial charge in [-0.2, -0.15) is 0 Å². The molecule has 2 aliphatic rings. The highest BCUT2D eigenvalue weighted by molar-refractivity contribution is 9.11. The van der Waals surface area contributed by atoms with Crippen molar-refractivity contribution in [3.8, 4) is 23.0 Å². The first-order valence-electron chi connectivity index (χ1n) is 13.5. The number of rotatable bonds is 4. The van der Waals surface area contributed by atoms with Crippen molar-refractivity contribution in [3.63, 3.8) is 0 Å². The van der Waals surface area contributed by atoms with Crippen molar-refractivity contribution in [1.29, 1.82) is 0 Å². The van der Waals surface area contributed by atoms with Crippen LogP contribution >= 0.6 is 31.9 Å². The van der Waals surface area contributed by atoms with Gasteiger partial charge in [0.15, 0.2) is 17.1 Å². The number of carbonyl (C=O) groups excluding carboxylic acids is 3. The molecule has 0 unspecified atom stereocenters. The first-order valence-corrected chi connectivity index (χ1v) is 15.1. The molecule has 0 bridgehead atoms. The third-order valence-electron chi connectivity index (χ3n) is 7.61. The average Bonchev–Trinajstić information content (AvgIpc) is 3.34. The van der Waals surface area contributed by atoms with Gasteiger partial charge in [0.2, 0.25) is 0 Å². The van der Waals surface area contributed by atoms with E-state index in [1.165, 1.54) is 0 Å². The Kier molecular flexibility index (Phi) is 6.87. The van der Waals surface area contributed by atoms with Gasteiger partial charge >= 0.3 is 17.9 Å². The van der Waals surface area contributed by atoms with Gasteiger partial charge in [0.1, 0.15) is 20.4 Å². The molecule has 0 amide bonds. The fraction of sp³-hybridized carbons (Fsp3) is 0.0571. The summed E-state index contributed by atoms with van der Waals surface area (Å²) in [6.07, 6.45) is 0. The van der Waals surface area contributed by atoms with Gasteiger partial charge in [-0.3, -0.25) is 0 Å². The number of fused-ring (bicyclic) bond motifs is 6. The Labute approximate surface area is 268 Å². The van der Waals surface area contributed by atoms with Crippen LogP contribution < -0.4 is 14.2 Å². The standard InChI is InChI=1S/C35H20Br2O7/c1-19-9-8-14-22-27(19)34(40)44-35(22)23-15-17-25(41-32(38)20-10-4-2-5-11-20)28(36)30(23)43-31-24(35)16-18-26(29(31)37)42-33(39)21-12-6-3-7-13-21/h2-18H,1H3. The largest absolute Gasteiger partial charge is 0.454 e. The molecule has 1 spiro atoms. The van der Waals surface area contributed by atoms with Crippen LogP contribution in [-0.2, 0) is 10.3 Å². The minimum Gasteiger partial charge on any atom is -0.454 e. The zero-order valence-corrected chi connectivity index (χ0v) is 26.1. The Morgan fingerprint density at radius 1 is 0.636 bits per heavy atom. The lowest BCUT2D eigenvalue weighted by atomic mass is 9.77. The Morgan fingerprint density at radius 2 is 1.14 bits per heavy atom. The highest BCUT2D eigenvalue weighted by Crippen LogP contribution is 2.61. The summed E-state index contributed by atoms with van der Waals surface area (Å²) in [6.45, 7) is 1.85. The van der Waals surface area contributed by atoms with Gasteiger partial charge in [-0.15, -0.1) is 0 Å². The summed E-state index contributed by atoms with van der Waals surface area (Å²) in [5.41, 5.74) is 2.25. The lowest BCUT2D eigenvalue weighted by Gasteiger charge is -2.37. The Balaban J connectivity index is 1.39. The molecular formula is C35H20Br2O7. The van der Waals surface area contributed by atoms with E-state index < -0.39 is 23.5 Å². The van der Waals surface area contributed by atoms with Crippen LogP contribution in [0.3, 0.4) is 0 Å². The first-order chi connectivity index (χ1) is 21.3. The second kappa shape index (κ2) is 10.8. The normalized spacial score (nSPS) is 13.7. The van der Waals surface area contributed by atoms with Crippen LogP contribution in [0.4, 0.5) is 0 Å². The fourth-order valence-corrected chi connectivity index (χ4v) is 6.59. The molecule has 0 fully saturated rings. The van der Waals surface area contributed by atoms with Crippen LogP contribution in [0.1, 0.15) is 53.3 Å². The molecule has 44 heavy (non-hydrogen) atoms. The molecule has 2 aliphatic heterocycles. The molecule has 0 aromatic heterocycles. The van der Waals surface area contributed by atoms with Crippen molar-refractivity contribution in [2.24, 2.45) is 0 Å². The van der Waals surface area contributed by atoms with Crippen molar-refractivity contribution >= 4 is 49.8 Å². The topological polar surface area (TPSA) is 88.1 Å². The van der Waals surface area contributed by atoms with Gasteiger partial charge in [0.05, 0.1) is 16.7 Å². The van der Waals surface area contributed by atoms with Gasteiger partial charge in [-0.1, -0.05) is 54.6 Å². The number of aryl methyl sites for hydroxylation is 1. The van der Waals surface area contributed by atoms with Crippen molar-refractivity contribution in [2.45, 2.75) is 12.5 Å². The summed E-state index contributed by atoms with van der Waals surface area (Å²) in [5.74, 6) is -0.650. The molecule has 216 valence electrons. The summed E-state index contributed by atoms with van der Waals surface area (Å²) in [4.78, 5) is 39.3. The zero-order chi connectivity index (χ0) is 30.6. The Hall–Kier alpha value is -4.73. The summed E-state index contributed by atoms with van der Waals surface area (Å²) in [5, 5.41) is 0. The summed E-state index contributed by atoms with van der Waals surface area (Å²) < 4.78 is 25.0. The van der Waals surface area contributed by atoms with E-state index in [1.807, 2.05) is 37.3 Å². The summed E-state index contributed by atoms with van der Waals surface area (Å²) in [6, 6.07) is 29.5. The van der Waals surface area contributed by atoms with Crippen molar-refractivity contribution < 1.29 is 33.3 Å². The SMILES string of the molecule is Cc1cccc2c1C(=O)OC21c2ccc(OC(=O)c3ccccc3)c(Br)c2Oc2c1ccc(OC(=O)c1ccccc1)c2Br. The number of ether oxygens (including phenoxy) is 4. The molecule has 5 aromatic rings. The summed E-state index contributed by atoms with van der Waals surface area (Å²) in [7, 11) is 0. The fourth-order valence-electron chi connectivity index (χ4n) is 5.58. The number of benzene rings is 5. The number of esters is 3. The predicted molar refractivity (Wildman–Crippen MR) is 168 cm³/mol. The smallest absolute Gasteiger partial charge is 0.343 e. The van der Waals surface area contributed by atoms with Crippen LogP contribution in [0.2, 0.25) is 0 Å². The Morgan fingerprint density at radius 3 is 1.64 bits per heavy atom. The quantitative estimate of drug-likeness (QED) is 0.136. The van der Waals surface area contributed by atoms with E-state index in [2.05, 4.69) is 31.9 Å². The lowest BCUT2D eigenvalue weighted by molar-refractivity contribution is 0.0223. The molecule has 5 aromatic carbocycles. The van der Waals surface area contributed by atoms with E-state index in [1.54, 1.807) is 72.8 Å². The van der Waals surface area contributed by atoms with Crippen LogP contribution in [-0.4, -0.2) is 17.9 Å². The minimum atomic E-state index is -1.41. The lowest BCUT2D eigenvalue weighted by Crippen LogP contribution is -2.33. The highest BCUT2D eigenvalue weighted by Gasteiger charge is 2.55. The van der Waals surface area contributed by atoms with Crippen molar-refractivity contribution in [2.75, 3.05) is 0 Å². The molecule has 0 aliphatic carbocycles. The molecule has 9 heteroatoms. The van der Waals surface area contributed by atoms with E-state index in [-0.39, 0.29) is 23.0 Å². The van der Waals surface area contributed by atoms with Crippen LogP contribution in [0.5, 0.6) is 23.0 Å². The van der Waals surface area contributed by atoms with E-state index >= 15 is 0 Å². The third kappa shape index (κ3) is 4.34. The maximum atomic E-state index is 13.5. The number of carbonyl (C=O) groups is 3. The molecule has 7 nitrogen and oxygen atoms in total. The molecule has 2 heterocycles. The maximum Gasteiger partial charge on any atom is 0.343 e. The second-order valence-electron chi connectivity index (χ2n) is 10.2.